The van der Waals surface area contributed by atoms with Crippen LogP contribution in [0.25, 0.3) is 0 Å². The Morgan fingerprint density at radius 1 is 1.00 bits per heavy atom. The molecule has 2 aromatic carbocycles. The molecule has 0 saturated carbocycles. The molecule has 0 unspecified atom stereocenters. The first-order chi connectivity index (χ1) is 13.6. The highest BCUT2D eigenvalue weighted by Crippen LogP contribution is 2.10. The molecule has 0 fully saturated rings. The standard InChI is InChI=1S/C22H30N4O2.HI/c1-4-23-21(27)19-8-6-7-18(15-19)16-26-22(24-5-2)25-13-14-28-20-11-9-17(3)10-12-20;/h6-12,15H,4-5,13-14,16H2,1-3H3,(H,23,27)(H2,24,25,26);1H. The number of aliphatic imine (C=N–C) groups is 1. The Balaban J connectivity index is 0.00000420. The third-order valence-corrected chi connectivity index (χ3v) is 3.97. The molecule has 158 valence electrons. The van der Waals surface area contributed by atoms with Crippen molar-refractivity contribution in [2.24, 2.45) is 4.99 Å². The van der Waals surface area contributed by atoms with Crippen LogP contribution >= 0.6 is 24.0 Å². The van der Waals surface area contributed by atoms with Crippen LogP contribution in [0.15, 0.2) is 53.5 Å². The van der Waals surface area contributed by atoms with Crippen LogP contribution in [-0.4, -0.2) is 38.1 Å². The van der Waals surface area contributed by atoms with Gasteiger partial charge in [0.2, 0.25) is 0 Å². The normalized spacial score (nSPS) is 10.7. The smallest absolute Gasteiger partial charge is 0.251 e. The lowest BCUT2D eigenvalue weighted by Crippen LogP contribution is -2.39. The molecule has 2 rings (SSSR count). The summed E-state index contributed by atoms with van der Waals surface area (Å²) in [7, 11) is 0. The monoisotopic (exact) mass is 510 g/mol. The molecule has 29 heavy (non-hydrogen) atoms. The second-order valence-corrected chi connectivity index (χ2v) is 6.34. The number of nitrogens with zero attached hydrogens (tertiary/aromatic N) is 1. The number of ether oxygens (including phenoxy) is 1. The van der Waals surface area contributed by atoms with Crippen molar-refractivity contribution in [2.75, 3.05) is 26.2 Å². The van der Waals surface area contributed by atoms with Crippen LogP contribution in [0.3, 0.4) is 0 Å². The molecule has 7 heteroatoms. The van der Waals surface area contributed by atoms with E-state index in [9.17, 15) is 4.79 Å². The summed E-state index contributed by atoms with van der Waals surface area (Å²) in [4.78, 5) is 16.6. The van der Waals surface area contributed by atoms with Gasteiger partial charge in [-0.1, -0.05) is 29.8 Å². The zero-order valence-electron chi connectivity index (χ0n) is 17.3. The van der Waals surface area contributed by atoms with E-state index in [4.69, 9.17) is 4.74 Å². The molecule has 3 N–H and O–H groups in total. The maximum Gasteiger partial charge on any atom is 0.251 e. The van der Waals surface area contributed by atoms with Gasteiger partial charge in [0, 0.05) is 18.7 Å². The summed E-state index contributed by atoms with van der Waals surface area (Å²) in [6.45, 7) is 9.03. The molecule has 0 saturated heterocycles. The third kappa shape index (κ3) is 9.17. The predicted molar refractivity (Wildman–Crippen MR) is 129 cm³/mol. The maximum atomic E-state index is 12.0. The molecule has 0 aliphatic rings. The van der Waals surface area contributed by atoms with E-state index in [1.54, 1.807) is 0 Å². The van der Waals surface area contributed by atoms with Crippen molar-refractivity contribution in [3.63, 3.8) is 0 Å². The number of aryl methyl sites for hydroxylation is 1. The summed E-state index contributed by atoms with van der Waals surface area (Å²) in [5.41, 5.74) is 2.85. The van der Waals surface area contributed by atoms with E-state index in [1.165, 1.54) is 5.56 Å². The summed E-state index contributed by atoms with van der Waals surface area (Å²) in [6.07, 6.45) is 0. The van der Waals surface area contributed by atoms with Crippen molar-refractivity contribution < 1.29 is 9.53 Å². The van der Waals surface area contributed by atoms with E-state index in [2.05, 4.69) is 27.9 Å². The lowest BCUT2D eigenvalue weighted by Gasteiger charge is -2.12. The first kappa shape index (κ1) is 24.7. The zero-order chi connectivity index (χ0) is 20.2. The molecular formula is C22H31IN4O2. The summed E-state index contributed by atoms with van der Waals surface area (Å²) >= 11 is 0. The van der Waals surface area contributed by atoms with E-state index < -0.39 is 0 Å². The molecule has 0 aromatic heterocycles. The topological polar surface area (TPSA) is 74.8 Å². The number of hydrogen-bond acceptors (Lipinski definition) is 3. The fraction of sp³-hybridized carbons (Fsp3) is 0.364. The molecular weight excluding hydrogens is 479 g/mol. The minimum absolute atomic E-state index is 0. The van der Waals surface area contributed by atoms with Crippen LogP contribution in [0.1, 0.15) is 35.3 Å². The lowest BCUT2D eigenvalue weighted by atomic mass is 10.1. The van der Waals surface area contributed by atoms with Gasteiger partial charge in [-0.25, -0.2) is 4.99 Å². The molecule has 0 spiro atoms. The van der Waals surface area contributed by atoms with Gasteiger partial charge >= 0.3 is 0 Å². The van der Waals surface area contributed by atoms with Gasteiger partial charge in [-0.2, -0.15) is 0 Å². The number of benzene rings is 2. The summed E-state index contributed by atoms with van der Waals surface area (Å²) in [6, 6.07) is 15.5. The molecule has 0 heterocycles. The van der Waals surface area contributed by atoms with Gasteiger partial charge in [-0.05, 0) is 50.6 Å². The van der Waals surface area contributed by atoms with Gasteiger partial charge in [0.1, 0.15) is 12.4 Å². The highest BCUT2D eigenvalue weighted by atomic mass is 127. The number of carbonyl (C=O) groups is 1. The maximum absolute atomic E-state index is 12.0. The van der Waals surface area contributed by atoms with Crippen molar-refractivity contribution in [3.8, 4) is 5.75 Å². The van der Waals surface area contributed by atoms with E-state index >= 15 is 0 Å². The van der Waals surface area contributed by atoms with Crippen molar-refractivity contribution >= 4 is 35.8 Å². The number of nitrogens with one attached hydrogen (secondary N) is 3. The fourth-order valence-corrected chi connectivity index (χ4v) is 2.56. The van der Waals surface area contributed by atoms with E-state index in [0.29, 0.717) is 31.8 Å². The molecule has 0 aliphatic heterocycles. The van der Waals surface area contributed by atoms with Gasteiger partial charge in [0.05, 0.1) is 13.1 Å². The SMILES string of the molecule is CCNC(=O)c1cccc(CN=C(NCC)NCCOc2ccc(C)cc2)c1.I. The van der Waals surface area contributed by atoms with Crippen molar-refractivity contribution in [1.82, 2.24) is 16.0 Å². The minimum atomic E-state index is -0.0633. The van der Waals surface area contributed by atoms with E-state index in [-0.39, 0.29) is 29.9 Å². The molecule has 1 amide bonds. The van der Waals surface area contributed by atoms with Gasteiger partial charge in [-0.3, -0.25) is 4.79 Å². The lowest BCUT2D eigenvalue weighted by molar-refractivity contribution is 0.0955. The highest BCUT2D eigenvalue weighted by Gasteiger charge is 2.05. The Morgan fingerprint density at radius 2 is 1.72 bits per heavy atom. The molecule has 2 aromatic rings. The van der Waals surface area contributed by atoms with Crippen LogP contribution < -0.4 is 20.7 Å². The van der Waals surface area contributed by atoms with Crippen LogP contribution in [0.5, 0.6) is 5.75 Å². The Labute approximate surface area is 190 Å². The number of hydrogen-bond donors (Lipinski definition) is 3. The number of carbonyl (C=O) groups excluding carboxylic acids is 1. The predicted octanol–water partition coefficient (Wildman–Crippen LogP) is 3.50. The van der Waals surface area contributed by atoms with Crippen LogP contribution in [-0.2, 0) is 6.54 Å². The van der Waals surface area contributed by atoms with Crippen molar-refractivity contribution in [3.05, 3.63) is 65.2 Å². The quantitative estimate of drug-likeness (QED) is 0.209. The summed E-state index contributed by atoms with van der Waals surface area (Å²) in [5.74, 6) is 1.52. The average molecular weight is 510 g/mol. The first-order valence-electron chi connectivity index (χ1n) is 9.71. The zero-order valence-corrected chi connectivity index (χ0v) is 19.7. The summed E-state index contributed by atoms with van der Waals surface area (Å²) in [5, 5.41) is 9.30. The molecule has 0 radical (unpaired) electrons. The Kier molecular flexibility index (Phi) is 11.8. The highest BCUT2D eigenvalue weighted by molar-refractivity contribution is 14.0. The fourth-order valence-electron chi connectivity index (χ4n) is 2.56. The third-order valence-electron chi connectivity index (χ3n) is 3.97. The number of amides is 1. The molecule has 0 bridgehead atoms. The van der Waals surface area contributed by atoms with Gasteiger partial charge in [-0.15, -0.1) is 24.0 Å². The number of halogens is 1. The molecule has 6 nitrogen and oxygen atoms in total. The Hall–Kier alpha value is -2.29. The number of guanidine groups is 1. The van der Waals surface area contributed by atoms with E-state index in [0.717, 1.165) is 23.8 Å². The Morgan fingerprint density at radius 3 is 2.41 bits per heavy atom. The summed E-state index contributed by atoms with van der Waals surface area (Å²) < 4.78 is 5.73. The minimum Gasteiger partial charge on any atom is -0.492 e. The van der Waals surface area contributed by atoms with Gasteiger partial charge < -0.3 is 20.7 Å². The van der Waals surface area contributed by atoms with Gasteiger partial charge in [0.25, 0.3) is 5.91 Å². The van der Waals surface area contributed by atoms with Crippen molar-refractivity contribution in [1.29, 1.82) is 0 Å². The Bertz CT molecular complexity index is 779. The van der Waals surface area contributed by atoms with Crippen LogP contribution in [0.4, 0.5) is 0 Å². The van der Waals surface area contributed by atoms with Crippen molar-refractivity contribution in [2.45, 2.75) is 27.3 Å². The van der Waals surface area contributed by atoms with Crippen LogP contribution in [0, 0.1) is 6.92 Å². The molecule has 0 aliphatic carbocycles. The molecule has 0 atom stereocenters. The van der Waals surface area contributed by atoms with Gasteiger partial charge in [0.15, 0.2) is 5.96 Å². The van der Waals surface area contributed by atoms with E-state index in [1.807, 2.05) is 62.4 Å². The largest absolute Gasteiger partial charge is 0.492 e. The number of rotatable bonds is 9. The first-order valence-corrected chi connectivity index (χ1v) is 9.71. The average Bonchev–Trinajstić information content (AvgIpc) is 2.71. The second kappa shape index (κ2) is 13.8. The van der Waals surface area contributed by atoms with Crippen LogP contribution in [0.2, 0.25) is 0 Å². The second-order valence-electron chi connectivity index (χ2n) is 6.34.